The van der Waals surface area contributed by atoms with Crippen molar-refractivity contribution in [2.24, 2.45) is 0 Å². The number of pyridine rings is 1. The van der Waals surface area contributed by atoms with E-state index in [1.165, 1.54) is 0 Å². The molecule has 1 aromatic rings. The van der Waals surface area contributed by atoms with Gasteiger partial charge < -0.3 is 10.0 Å². The number of halogens is 1. The molecule has 0 aliphatic carbocycles. The number of hydrogen-bond donors (Lipinski definition) is 1. The van der Waals surface area contributed by atoms with Crippen molar-refractivity contribution < 1.29 is 5.11 Å². The largest absolute Gasteiger partial charge is 0.391 e. The fraction of sp³-hybridized carbons (Fsp3) is 0.545. The van der Waals surface area contributed by atoms with Crippen LogP contribution in [0.4, 0.5) is 5.82 Å². The zero-order valence-electron chi connectivity index (χ0n) is 8.56. The molecule has 1 aromatic heterocycles. The van der Waals surface area contributed by atoms with Gasteiger partial charge in [-0.25, -0.2) is 4.98 Å². The summed E-state index contributed by atoms with van der Waals surface area (Å²) < 4.78 is 0. The number of hydrogen-bond acceptors (Lipinski definition) is 3. The normalized spacial score (nSPS) is 21.7. The van der Waals surface area contributed by atoms with Crippen molar-refractivity contribution in [2.45, 2.75) is 24.8 Å². The van der Waals surface area contributed by atoms with Crippen LogP contribution in [0.5, 0.6) is 0 Å². The fourth-order valence-corrected chi connectivity index (χ4v) is 2.18. The molecule has 3 nitrogen and oxygen atoms in total. The van der Waals surface area contributed by atoms with E-state index in [4.69, 9.17) is 11.6 Å². The topological polar surface area (TPSA) is 36.4 Å². The van der Waals surface area contributed by atoms with Gasteiger partial charge in [0.05, 0.1) is 12.0 Å². The lowest BCUT2D eigenvalue weighted by Gasteiger charge is -2.32. The standard InChI is InChI=1S/C11H15ClN2O/c12-7-9-3-1-5-13-11(9)14-6-2-4-10(15)8-14/h1,3,5,10,15H,2,4,6-8H2. The average Bonchev–Trinajstić information content (AvgIpc) is 2.29. The summed E-state index contributed by atoms with van der Waals surface area (Å²) in [4.78, 5) is 6.45. The third-order valence-corrected chi connectivity index (χ3v) is 3.00. The van der Waals surface area contributed by atoms with Gasteiger partial charge in [0, 0.05) is 24.8 Å². The molecule has 1 N–H and O–H groups in total. The predicted octanol–water partition coefficient (Wildman–Crippen LogP) is 1.78. The van der Waals surface area contributed by atoms with Gasteiger partial charge in [-0.3, -0.25) is 0 Å². The second kappa shape index (κ2) is 4.81. The minimum Gasteiger partial charge on any atom is -0.391 e. The maximum absolute atomic E-state index is 9.60. The summed E-state index contributed by atoms with van der Waals surface area (Å²) in [5.41, 5.74) is 1.04. The van der Waals surface area contributed by atoms with Crippen LogP contribution in [0.2, 0.25) is 0 Å². The molecule has 1 aliphatic rings. The Morgan fingerprint density at radius 3 is 3.20 bits per heavy atom. The summed E-state index contributed by atoms with van der Waals surface area (Å²) in [6.45, 7) is 1.62. The molecule has 4 heteroatoms. The van der Waals surface area contributed by atoms with Crippen LogP contribution in [0.15, 0.2) is 18.3 Å². The summed E-state index contributed by atoms with van der Waals surface area (Å²) in [6.07, 6.45) is 3.44. The van der Waals surface area contributed by atoms with Crippen molar-refractivity contribution >= 4 is 17.4 Å². The monoisotopic (exact) mass is 226 g/mol. The quantitative estimate of drug-likeness (QED) is 0.782. The number of rotatable bonds is 2. The van der Waals surface area contributed by atoms with E-state index in [9.17, 15) is 5.11 Å². The van der Waals surface area contributed by atoms with E-state index in [0.717, 1.165) is 30.8 Å². The van der Waals surface area contributed by atoms with Crippen LogP contribution in [0, 0.1) is 0 Å². The Labute approximate surface area is 94.7 Å². The van der Waals surface area contributed by atoms with Gasteiger partial charge in [0.2, 0.25) is 0 Å². The molecule has 0 saturated carbocycles. The summed E-state index contributed by atoms with van der Waals surface area (Å²) in [5, 5.41) is 9.60. The lowest BCUT2D eigenvalue weighted by atomic mass is 10.1. The van der Waals surface area contributed by atoms with Crippen LogP contribution in [-0.4, -0.2) is 29.3 Å². The van der Waals surface area contributed by atoms with Crippen LogP contribution in [-0.2, 0) is 5.88 Å². The Morgan fingerprint density at radius 2 is 2.47 bits per heavy atom. The predicted molar refractivity (Wildman–Crippen MR) is 61.2 cm³/mol. The summed E-state index contributed by atoms with van der Waals surface area (Å²) in [5.74, 6) is 1.39. The smallest absolute Gasteiger partial charge is 0.133 e. The van der Waals surface area contributed by atoms with E-state index in [-0.39, 0.29) is 6.10 Å². The van der Waals surface area contributed by atoms with E-state index >= 15 is 0 Å². The van der Waals surface area contributed by atoms with Crippen LogP contribution >= 0.6 is 11.6 Å². The van der Waals surface area contributed by atoms with Crippen LogP contribution in [0.3, 0.4) is 0 Å². The molecule has 2 heterocycles. The number of aliphatic hydroxyl groups is 1. The number of nitrogens with zero attached hydrogens (tertiary/aromatic N) is 2. The van der Waals surface area contributed by atoms with Gasteiger partial charge in [0.25, 0.3) is 0 Å². The summed E-state index contributed by atoms with van der Waals surface area (Å²) in [7, 11) is 0. The molecule has 0 amide bonds. The van der Waals surface area contributed by atoms with Gasteiger partial charge in [-0.2, -0.15) is 0 Å². The zero-order chi connectivity index (χ0) is 10.7. The highest BCUT2D eigenvalue weighted by molar-refractivity contribution is 6.17. The molecule has 1 aliphatic heterocycles. The molecule has 1 atom stereocenters. The van der Waals surface area contributed by atoms with Crippen molar-refractivity contribution in [2.75, 3.05) is 18.0 Å². The molecule has 82 valence electrons. The van der Waals surface area contributed by atoms with E-state index in [2.05, 4.69) is 9.88 Å². The molecule has 0 bridgehead atoms. The number of piperidine rings is 1. The van der Waals surface area contributed by atoms with Gasteiger partial charge in [-0.05, 0) is 18.9 Å². The van der Waals surface area contributed by atoms with Crippen LogP contribution in [0.25, 0.3) is 0 Å². The Kier molecular flexibility index (Phi) is 3.44. The second-order valence-electron chi connectivity index (χ2n) is 3.86. The number of aromatic nitrogens is 1. The third-order valence-electron chi connectivity index (χ3n) is 2.71. The van der Waals surface area contributed by atoms with Gasteiger partial charge >= 0.3 is 0 Å². The van der Waals surface area contributed by atoms with Gasteiger partial charge in [0.15, 0.2) is 0 Å². The van der Waals surface area contributed by atoms with Crippen molar-refractivity contribution in [3.63, 3.8) is 0 Å². The molecule has 1 saturated heterocycles. The molecule has 1 unspecified atom stereocenters. The Morgan fingerprint density at radius 1 is 1.60 bits per heavy atom. The lowest BCUT2D eigenvalue weighted by molar-refractivity contribution is 0.154. The highest BCUT2D eigenvalue weighted by Crippen LogP contribution is 2.22. The average molecular weight is 227 g/mol. The number of aliphatic hydroxyl groups excluding tert-OH is 1. The first kappa shape index (κ1) is 10.7. The summed E-state index contributed by atoms with van der Waals surface area (Å²) in [6, 6.07) is 3.87. The van der Waals surface area contributed by atoms with E-state index in [1.807, 2.05) is 12.1 Å². The molecule has 15 heavy (non-hydrogen) atoms. The molecular weight excluding hydrogens is 212 g/mol. The number of alkyl halides is 1. The maximum Gasteiger partial charge on any atom is 0.133 e. The lowest BCUT2D eigenvalue weighted by Crippen LogP contribution is -2.39. The SMILES string of the molecule is OC1CCCN(c2ncccc2CCl)C1. The molecule has 0 radical (unpaired) electrons. The molecule has 0 spiro atoms. The van der Waals surface area contributed by atoms with Crippen molar-refractivity contribution in [3.05, 3.63) is 23.9 Å². The van der Waals surface area contributed by atoms with E-state index < -0.39 is 0 Å². The Bertz CT molecular complexity index is 332. The van der Waals surface area contributed by atoms with E-state index in [0.29, 0.717) is 12.4 Å². The highest BCUT2D eigenvalue weighted by atomic mass is 35.5. The zero-order valence-corrected chi connectivity index (χ0v) is 9.32. The Balaban J connectivity index is 2.20. The second-order valence-corrected chi connectivity index (χ2v) is 4.13. The van der Waals surface area contributed by atoms with Crippen molar-refractivity contribution in [1.29, 1.82) is 0 Å². The first-order valence-electron chi connectivity index (χ1n) is 5.24. The third kappa shape index (κ3) is 2.41. The van der Waals surface area contributed by atoms with Gasteiger partial charge in [-0.15, -0.1) is 11.6 Å². The molecular formula is C11H15ClN2O. The van der Waals surface area contributed by atoms with Crippen LogP contribution < -0.4 is 4.90 Å². The minimum atomic E-state index is -0.232. The molecule has 0 aromatic carbocycles. The number of β-amino-alcohol motifs (C(OH)–C–C–N with tert-alkyl or cyclic N) is 1. The molecule has 1 fully saturated rings. The first-order chi connectivity index (χ1) is 7.31. The minimum absolute atomic E-state index is 0.232. The van der Waals surface area contributed by atoms with Crippen LogP contribution in [0.1, 0.15) is 18.4 Å². The summed E-state index contributed by atoms with van der Waals surface area (Å²) >= 11 is 5.86. The highest BCUT2D eigenvalue weighted by Gasteiger charge is 2.20. The fourth-order valence-electron chi connectivity index (χ4n) is 1.97. The van der Waals surface area contributed by atoms with Crippen molar-refractivity contribution in [1.82, 2.24) is 4.98 Å². The maximum atomic E-state index is 9.60. The Hall–Kier alpha value is -0.800. The van der Waals surface area contributed by atoms with Gasteiger partial charge in [-0.1, -0.05) is 6.07 Å². The molecule has 2 rings (SSSR count). The number of anilines is 1. The first-order valence-corrected chi connectivity index (χ1v) is 5.77. The van der Waals surface area contributed by atoms with Crippen molar-refractivity contribution in [3.8, 4) is 0 Å². The van der Waals surface area contributed by atoms with Gasteiger partial charge in [0.1, 0.15) is 5.82 Å². The van der Waals surface area contributed by atoms with E-state index in [1.54, 1.807) is 6.20 Å².